The minimum atomic E-state index is -0.428. The van der Waals surface area contributed by atoms with Gasteiger partial charge in [0.05, 0.1) is 12.8 Å². The average molecular weight is 282 g/mol. The van der Waals surface area contributed by atoms with Crippen molar-refractivity contribution < 1.29 is 13.9 Å². The number of hydrogen-bond donors (Lipinski definition) is 0. The van der Waals surface area contributed by atoms with Crippen molar-refractivity contribution in [2.24, 2.45) is 0 Å². The van der Waals surface area contributed by atoms with Gasteiger partial charge in [0.25, 0.3) is 0 Å². The average Bonchev–Trinajstić information content (AvgIpc) is 2.47. The maximum atomic E-state index is 12.8. The maximum absolute atomic E-state index is 12.8. The van der Waals surface area contributed by atoms with Crippen LogP contribution in [0.4, 0.5) is 4.39 Å². The molecule has 1 aromatic heterocycles. The lowest BCUT2D eigenvalue weighted by atomic mass is 10.1. The Bertz CT molecular complexity index is 409. The highest BCUT2D eigenvalue weighted by atomic mass is 19.1. The van der Waals surface area contributed by atoms with E-state index < -0.39 is 5.82 Å². The number of carbonyl (C=O) groups is 1. The normalized spacial score (nSPS) is 12.7. The molecule has 0 aliphatic carbocycles. The van der Waals surface area contributed by atoms with Gasteiger partial charge in [0, 0.05) is 32.7 Å². The molecule has 5 heteroatoms. The summed E-state index contributed by atoms with van der Waals surface area (Å²) in [7, 11) is 1.67. The molecule has 0 N–H and O–H groups in total. The first-order chi connectivity index (χ1) is 9.58. The van der Waals surface area contributed by atoms with Gasteiger partial charge in [-0.15, -0.1) is 0 Å². The number of hydrogen-bond acceptors (Lipinski definition) is 4. The van der Waals surface area contributed by atoms with Gasteiger partial charge >= 0.3 is 0 Å². The third-order valence-corrected chi connectivity index (χ3v) is 3.44. The van der Waals surface area contributed by atoms with Crippen LogP contribution in [0.3, 0.4) is 0 Å². The number of pyridine rings is 1. The Morgan fingerprint density at radius 1 is 1.45 bits per heavy atom. The lowest BCUT2D eigenvalue weighted by Crippen LogP contribution is -2.37. The molecule has 0 amide bonds. The highest BCUT2D eigenvalue weighted by Gasteiger charge is 2.15. The molecule has 1 unspecified atom stereocenters. The van der Waals surface area contributed by atoms with E-state index in [9.17, 15) is 9.18 Å². The summed E-state index contributed by atoms with van der Waals surface area (Å²) in [5.74, 6) is -0.487. The van der Waals surface area contributed by atoms with Gasteiger partial charge in [-0.1, -0.05) is 6.92 Å². The molecule has 0 saturated heterocycles. The predicted octanol–water partition coefficient (Wildman–Crippen LogP) is 2.54. The lowest BCUT2D eigenvalue weighted by Gasteiger charge is -2.27. The van der Waals surface area contributed by atoms with Crippen LogP contribution in [0.25, 0.3) is 0 Å². The van der Waals surface area contributed by atoms with E-state index in [1.807, 2.05) is 0 Å². The first-order valence-corrected chi connectivity index (χ1v) is 6.96. The third kappa shape index (κ3) is 5.35. The molecular weight excluding hydrogens is 259 g/mol. The second-order valence-corrected chi connectivity index (χ2v) is 4.82. The van der Waals surface area contributed by atoms with E-state index in [4.69, 9.17) is 4.74 Å². The van der Waals surface area contributed by atoms with Crippen LogP contribution in [0.2, 0.25) is 0 Å². The van der Waals surface area contributed by atoms with E-state index in [1.165, 1.54) is 12.1 Å². The molecular formula is C15H23FN2O2. The molecule has 112 valence electrons. The molecule has 0 aromatic carbocycles. The van der Waals surface area contributed by atoms with Gasteiger partial charge < -0.3 is 4.74 Å². The van der Waals surface area contributed by atoms with Crippen LogP contribution >= 0.6 is 0 Å². The molecule has 0 bridgehead atoms. The molecule has 1 aromatic rings. The SMILES string of the molecule is CCC(C)N(CCOC)CCC(=O)c1ccc(F)cn1. The second-order valence-electron chi connectivity index (χ2n) is 4.82. The quantitative estimate of drug-likeness (QED) is 0.653. The molecule has 0 spiro atoms. The molecule has 20 heavy (non-hydrogen) atoms. The maximum Gasteiger partial charge on any atom is 0.182 e. The molecule has 0 saturated carbocycles. The zero-order valence-corrected chi connectivity index (χ0v) is 12.4. The van der Waals surface area contributed by atoms with Crippen LogP contribution in [0.15, 0.2) is 18.3 Å². The minimum absolute atomic E-state index is 0.0595. The van der Waals surface area contributed by atoms with Crippen molar-refractivity contribution in [3.8, 4) is 0 Å². The van der Waals surface area contributed by atoms with Crippen molar-refractivity contribution in [3.63, 3.8) is 0 Å². The summed E-state index contributed by atoms with van der Waals surface area (Å²) in [6.45, 7) is 6.36. The second kappa shape index (κ2) is 8.76. The van der Waals surface area contributed by atoms with E-state index in [-0.39, 0.29) is 5.78 Å². The Morgan fingerprint density at radius 2 is 2.20 bits per heavy atom. The number of aromatic nitrogens is 1. The third-order valence-electron chi connectivity index (χ3n) is 3.44. The Kier molecular flexibility index (Phi) is 7.33. The monoisotopic (exact) mass is 282 g/mol. The first-order valence-electron chi connectivity index (χ1n) is 6.96. The van der Waals surface area contributed by atoms with Crippen molar-refractivity contribution in [3.05, 3.63) is 29.8 Å². The number of Topliss-reactive ketones (excluding diaryl/α,β-unsaturated/α-hetero) is 1. The van der Waals surface area contributed by atoms with Gasteiger partial charge in [-0.3, -0.25) is 14.7 Å². The highest BCUT2D eigenvalue weighted by Crippen LogP contribution is 2.07. The van der Waals surface area contributed by atoms with Crippen LogP contribution in [0.5, 0.6) is 0 Å². The fourth-order valence-electron chi connectivity index (χ4n) is 1.93. The Balaban J connectivity index is 2.53. The number of nitrogens with zero attached hydrogens (tertiary/aromatic N) is 2. The zero-order valence-electron chi connectivity index (χ0n) is 12.4. The number of halogens is 1. The zero-order chi connectivity index (χ0) is 15.0. The van der Waals surface area contributed by atoms with E-state index >= 15 is 0 Å². The fourth-order valence-corrected chi connectivity index (χ4v) is 1.93. The van der Waals surface area contributed by atoms with Crippen molar-refractivity contribution in [2.75, 3.05) is 26.8 Å². The van der Waals surface area contributed by atoms with Crippen LogP contribution in [0.1, 0.15) is 37.2 Å². The molecule has 0 radical (unpaired) electrons. The van der Waals surface area contributed by atoms with Crippen molar-refractivity contribution in [2.45, 2.75) is 32.7 Å². The van der Waals surface area contributed by atoms with Gasteiger partial charge in [-0.2, -0.15) is 0 Å². The van der Waals surface area contributed by atoms with E-state index in [2.05, 4.69) is 23.7 Å². The van der Waals surface area contributed by atoms with E-state index in [1.54, 1.807) is 7.11 Å². The molecule has 0 fully saturated rings. The molecule has 1 atom stereocenters. The Labute approximate surface area is 120 Å². The molecule has 1 heterocycles. The largest absolute Gasteiger partial charge is 0.383 e. The summed E-state index contributed by atoms with van der Waals surface area (Å²) in [6, 6.07) is 3.09. The Hall–Kier alpha value is -1.33. The van der Waals surface area contributed by atoms with Gasteiger partial charge in [-0.05, 0) is 25.5 Å². The topological polar surface area (TPSA) is 42.4 Å². The lowest BCUT2D eigenvalue weighted by molar-refractivity contribution is 0.0911. The van der Waals surface area contributed by atoms with E-state index in [0.717, 1.165) is 19.2 Å². The van der Waals surface area contributed by atoms with Gasteiger partial charge in [0.2, 0.25) is 0 Å². The predicted molar refractivity (Wildman–Crippen MR) is 76.3 cm³/mol. The van der Waals surface area contributed by atoms with Crippen LogP contribution in [0, 0.1) is 5.82 Å². The first kappa shape index (κ1) is 16.7. The number of carbonyl (C=O) groups excluding carboxylic acids is 1. The van der Waals surface area contributed by atoms with Crippen LogP contribution in [-0.4, -0.2) is 48.5 Å². The minimum Gasteiger partial charge on any atom is -0.383 e. The van der Waals surface area contributed by atoms with Gasteiger partial charge in [0.1, 0.15) is 11.5 Å². The molecule has 1 rings (SSSR count). The molecule has 4 nitrogen and oxygen atoms in total. The van der Waals surface area contributed by atoms with Gasteiger partial charge in [-0.25, -0.2) is 4.39 Å². The molecule has 0 aliphatic rings. The van der Waals surface area contributed by atoms with Crippen molar-refractivity contribution in [1.82, 2.24) is 9.88 Å². The summed E-state index contributed by atoms with van der Waals surface area (Å²) >= 11 is 0. The van der Waals surface area contributed by atoms with Crippen LogP contribution in [-0.2, 0) is 4.74 Å². The summed E-state index contributed by atoms with van der Waals surface area (Å²) in [4.78, 5) is 18.0. The van der Waals surface area contributed by atoms with Gasteiger partial charge in [0.15, 0.2) is 5.78 Å². The molecule has 0 aliphatic heterocycles. The number of ether oxygens (including phenoxy) is 1. The van der Waals surface area contributed by atoms with E-state index in [0.29, 0.717) is 31.3 Å². The summed E-state index contributed by atoms with van der Waals surface area (Å²) in [6.07, 6.45) is 2.48. The number of rotatable bonds is 9. The Morgan fingerprint density at radius 3 is 2.75 bits per heavy atom. The van der Waals surface area contributed by atoms with Crippen molar-refractivity contribution in [1.29, 1.82) is 0 Å². The summed E-state index contributed by atoms with van der Waals surface area (Å²) in [5, 5.41) is 0. The van der Waals surface area contributed by atoms with Crippen molar-refractivity contribution >= 4 is 5.78 Å². The number of methoxy groups -OCH3 is 1. The standard InChI is InChI=1S/C15H23FN2O2/c1-4-12(2)18(9-10-20-3)8-7-15(19)14-6-5-13(16)11-17-14/h5-6,11-12H,4,7-10H2,1-3H3. The summed E-state index contributed by atoms with van der Waals surface area (Å²) < 4.78 is 17.9. The highest BCUT2D eigenvalue weighted by molar-refractivity contribution is 5.94. The smallest absolute Gasteiger partial charge is 0.182 e. The fraction of sp³-hybridized carbons (Fsp3) is 0.600. The number of ketones is 1. The summed E-state index contributed by atoms with van der Waals surface area (Å²) in [5.41, 5.74) is 0.322. The van der Waals surface area contributed by atoms with Crippen LogP contribution < -0.4 is 0 Å².